The van der Waals surface area contributed by atoms with Gasteiger partial charge in [-0.2, -0.15) is 0 Å². The zero-order valence-corrected chi connectivity index (χ0v) is 27.8. The SMILES string of the molecule is COP(=O)(C(=O)c1c(C)cc(C)cc1C)c1ccc(Cc2ccc(P(=O)(OC)C(=O)c3c(C)cc(C)cc3C)cc2)cc1. The van der Waals surface area contributed by atoms with E-state index in [4.69, 9.17) is 9.05 Å². The lowest BCUT2D eigenvalue weighted by atomic mass is 10.0. The molecular weight excluding hydrogens is 578 g/mol. The summed E-state index contributed by atoms with van der Waals surface area (Å²) in [6, 6.07) is 21.6. The summed E-state index contributed by atoms with van der Waals surface area (Å²) in [6.07, 6.45) is 0.531. The average Bonchev–Trinajstić information content (AvgIpc) is 2.96. The van der Waals surface area contributed by atoms with Crippen LogP contribution in [-0.4, -0.2) is 25.3 Å². The number of rotatable bonds is 10. The van der Waals surface area contributed by atoms with E-state index in [1.165, 1.54) is 14.2 Å². The molecule has 0 aliphatic rings. The normalized spacial score (nSPS) is 14.1. The highest BCUT2D eigenvalue weighted by Crippen LogP contribution is 2.50. The lowest BCUT2D eigenvalue weighted by Gasteiger charge is -2.19. The fourth-order valence-corrected chi connectivity index (χ4v) is 9.40. The summed E-state index contributed by atoms with van der Waals surface area (Å²) in [4.78, 5) is 27.0. The van der Waals surface area contributed by atoms with Crippen LogP contribution < -0.4 is 10.6 Å². The molecule has 0 spiro atoms. The number of carbonyl (C=O) groups excluding carboxylic acids is 2. The van der Waals surface area contributed by atoms with Crippen LogP contribution in [0, 0.1) is 41.5 Å². The van der Waals surface area contributed by atoms with Gasteiger partial charge in [0.25, 0.3) is 11.0 Å². The van der Waals surface area contributed by atoms with Crippen molar-refractivity contribution in [2.24, 2.45) is 0 Å². The summed E-state index contributed by atoms with van der Waals surface area (Å²) in [5.41, 5.74) is 6.81. The summed E-state index contributed by atoms with van der Waals surface area (Å²) in [5, 5.41) is 0.666. The van der Waals surface area contributed by atoms with Crippen LogP contribution in [0.25, 0.3) is 0 Å². The Hall–Kier alpha value is -3.40. The molecule has 0 bridgehead atoms. The molecule has 0 amide bonds. The topological polar surface area (TPSA) is 86.7 Å². The lowest BCUT2D eigenvalue weighted by molar-refractivity contribution is 0.105. The van der Waals surface area contributed by atoms with E-state index in [1.807, 2.05) is 90.1 Å². The summed E-state index contributed by atoms with van der Waals surface area (Å²) in [7, 11) is -5.05. The van der Waals surface area contributed by atoms with Crippen LogP contribution in [0.4, 0.5) is 0 Å². The van der Waals surface area contributed by atoms with E-state index < -0.39 is 25.8 Å². The Morgan fingerprint density at radius 3 is 1.07 bits per heavy atom. The first kappa shape index (κ1) is 32.5. The Morgan fingerprint density at radius 2 is 0.814 bits per heavy atom. The molecule has 224 valence electrons. The Bertz CT molecular complexity index is 1620. The standard InChI is InChI=1S/C35H38O6P2/c1-22-17-24(3)32(25(4)18-22)34(36)42(38,40-7)30-13-9-28(10-14-30)21-29-11-15-31(16-12-29)43(39,41-8)35(37)33-26(5)19-23(2)20-27(33)6/h9-20H,21H2,1-8H3. The van der Waals surface area contributed by atoms with Crippen LogP contribution in [0.5, 0.6) is 0 Å². The first-order valence-electron chi connectivity index (χ1n) is 14.0. The third-order valence-corrected chi connectivity index (χ3v) is 12.3. The van der Waals surface area contributed by atoms with Crippen LogP contribution in [-0.2, 0) is 24.6 Å². The van der Waals surface area contributed by atoms with Crippen LogP contribution >= 0.6 is 14.7 Å². The van der Waals surface area contributed by atoms with Gasteiger partial charge in [0.1, 0.15) is 0 Å². The van der Waals surface area contributed by atoms with Crippen molar-refractivity contribution in [2.75, 3.05) is 14.2 Å². The number of carbonyl (C=O) groups is 2. The maximum atomic E-state index is 13.9. The molecule has 4 aromatic carbocycles. The van der Waals surface area contributed by atoms with Gasteiger partial charge >= 0.3 is 14.7 Å². The molecule has 0 heterocycles. The second kappa shape index (κ2) is 12.7. The third-order valence-electron chi connectivity index (χ3n) is 7.79. The minimum atomic E-state index is -3.83. The van der Waals surface area contributed by atoms with Crippen LogP contribution in [0.1, 0.15) is 65.2 Å². The van der Waals surface area contributed by atoms with E-state index in [0.29, 0.717) is 28.2 Å². The number of hydrogen-bond acceptors (Lipinski definition) is 6. The van der Waals surface area contributed by atoms with Crippen molar-refractivity contribution < 1.29 is 27.8 Å². The molecule has 0 saturated carbocycles. The molecule has 2 atom stereocenters. The molecule has 2 unspecified atom stereocenters. The van der Waals surface area contributed by atoms with Crippen LogP contribution in [0.2, 0.25) is 0 Å². The van der Waals surface area contributed by atoms with Crippen molar-refractivity contribution >= 4 is 36.4 Å². The molecular formula is C35H38O6P2. The van der Waals surface area contributed by atoms with Crippen LogP contribution in [0.15, 0.2) is 72.8 Å². The minimum Gasteiger partial charge on any atom is -0.323 e. The zero-order chi connectivity index (χ0) is 31.7. The Balaban J connectivity index is 1.56. The molecule has 4 aromatic rings. The maximum Gasteiger partial charge on any atom is 0.300 e. The highest BCUT2D eigenvalue weighted by molar-refractivity contribution is 7.83. The molecule has 0 N–H and O–H groups in total. The monoisotopic (exact) mass is 616 g/mol. The fourth-order valence-electron chi connectivity index (χ4n) is 5.80. The van der Waals surface area contributed by atoms with E-state index in [-0.39, 0.29) is 0 Å². The van der Waals surface area contributed by atoms with E-state index in [1.54, 1.807) is 24.3 Å². The van der Waals surface area contributed by atoms with Gasteiger partial charge in [-0.25, -0.2) is 0 Å². The van der Waals surface area contributed by atoms with Gasteiger partial charge in [0.2, 0.25) is 0 Å². The third kappa shape index (κ3) is 6.30. The van der Waals surface area contributed by atoms with Crippen molar-refractivity contribution in [3.63, 3.8) is 0 Å². The molecule has 0 aliphatic carbocycles. The average molecular weight is 617 g/mol. The molecule has 0 fully saturated rings. The number of hydrogen-bond donors (Lipinski definition) is 0. The molecule has 43 heavy (non-hydrogen) atoms. The smallest absolute Gasteiger partial charge is 0.300 e. The Labute approximate surface area is 254 Å². The van der Waals surface area contributed by atoms with Gasteiger partial charge in [-0.15, -0.1) is 0 Å². The van der Waals surface area contributed by atoms with Crippen LogP contribution in [0.3, 0.4) is 0 Å². The van der Waals surface area contributed by atoms with Gasteiger partial charge in [-0.1, -0.05) is 59.7 Å². The zero-order valence-electron chi connectivity index (χ0n) is 26.0. The first-order valence-corrected chi connectivity index (χ1v) is 17.3. The van der Waals surface area contributed by atoms with Gasteiger partial charge in [0.05, 0.1) is 0 Å². The molecule has 0 aliphatic heterocycles. The Morgan fingerprint density at radius 1 is 0.535 bits per heavy atom. The van der Waals surface area contributed by atoms with Crippen molar-refractivity contribution in [1.29, 1.82) is 0 Å². The van der Waals surface area contributed by atoms with Crippen molar-refractivity contribution in [2.45, 2.75) is 48.0 Å². The van der Waals surface area contributed by atoms with E-state index in [2.05, 4.69) is 0 Å². The van der Waals surface area contributed by atoms with Crippen molar-refractivity contribution in [1.82, 2.24) is 0 Å². The summed E-state index contributed by atoms with van der Waals surface area (Å²) in [5.74, 6) is 0. The fraction of sp³-hybridized carbons (Fsp3) is 0.257. The van der Waals surface area contributed by atoms with Gasteiger partial charge in [0, 0.05) is 36.0 Å². The molecule has 0 radical (unpaired) electrons. The molecule has 0 aromatic heterocycles. The summed E-state index contributed by atoms with van der Waals surface area (Å²) in [6.45, 7) is 11.3. The summed E-state index contributed by atoms with van der Waals surface area (Å²) >= 11 is 0. The minimum absolute atomic E-state index is 0.333. The predicted octanol–water partition coefficient (Wildman–Crippen LogP) is 7.91. The number of benzene rings is 4. The molecule has 6 nitrogen and oxygen atoms in total. The quantitative estimate of drug-likeness (QED) is 0.168. The van der Waals surface area contributed by atoms with Crippen molar-refractivity contribution in [3.8, 4) is 0 Å². The van der Waals surface area contributed by atoms with Gasteiger partial charge in [-0.05, 0) is 106 Å². The largest absolute Gasteiger partial charge is 0.323 e. The van der Waals surface area contributed by atoms with Crippen molar-refractivity contribution in [3.05, 3.63) is 128 Å². The van der Waals surface area contributed by atoms with Gasteiger partial charge in [0.15, 0.2) is 0 Å². The van der Waals surface area contributed by atoms with E-state index in [0.717, 1.165) is 44.5 Å². The molecule has 0 saturated heterocycles. The summed E-state index contributed by atoms with van der Waals surface area (Å²) < 4.78 is 38.6. The highest BCUT2D eigenvalue weighted by Gasteiger charge is 2.38. The number of aryl methyl sites for hydroxylation is 6. The lowest BCUT2D eigenvalue weighted by Crippen LogP contribution is -2.17. The second-order valence-corrected chi connectivity index (χ2v) is 15.9. The second-order valence-electron chi connectivity index (χ2n) is 11.1. The molecule has 4 rings (SSSR count). The van der Waals surface area contributed by atoms with Gasteiger partial charge < -0.3 is 9.05 Å². The van der Waals surface area contributed by atoms with E-state index in [9.17, 15) is 18.7 Å². The van der Waals surface area contributed by atoms with Gasteiger partial charge in [-0.3, -0.25) is 18.7 Å². The molecule has 8 heteroatoms. The van der Waals surface area contributed by atoms with E-state index >= 15 is 0 Å². The predicted molar refractivity (Wildman–Crippen MR) is 174 cm³/mol. The first-order chi connectivity index (χ1) is 20.2. The Kier molecular flexibility index (Phi) is 9.59. The highest BCUT2D eigenvalue weighted by atomic mass is 31.2. The maximum absolute atomic E-state index is 13.9.